The first-order valence-electron chi connectivity index (χ1n) is 20.0. The molecule has 2 heterocycles. The molecule has 2 aliphatic heterocycles. The standard InChI is InChI=1S/2C25H24ClNO2S/c2*1-18-12-14-21(15-13-18)30(28,29)27-19(2)22(16-17-26)25(20-8-4-3-5-9-20)23-10-6-7-11-24(23)27/h2*3-15,19H,16-17H2,1-2H3/t2*19-/m10/s1. The lowest BCUT2D eigenvalue weighted by molar-refractivity contribution is 0.582. The summed E-state index contributed by atoms with van der Waals surface area (Å²) >= 11 is 12.3. The van der Waals surface area contributed by atoms with Gasteiger partial charge in [0, 0.05) is 22.9 Å². The van der Waals surface area contributed by atoms with Gasteiger partial charge in [-0.15, -0.1) is 23.2 Å². The summed E-state index contributed by atoms with van der Waals surface area (Å²) in [6, 6.07) is 49.0. The lowest BCUT2D eigenvalue weighted by Crippen LogP contribution is -2.43. The fraction of sp³-hybridized carbons (Fsp3) is 0.200. The van der Waals surface area contributed by atoms with Crippen molar-refractivity contribution in [3.05, 3.63) is 202 Å². The molecule has 6 nitrogen and oxygen atoms in total. The van der Waals surface area contributed by atoms with E-state index in [9.17, 15) is 16.8 Å². The number of alkyl halides is 2. The molecule has 0 saturated heterocycles. The Balaban J connectivity index is 0.000000181. The number of aryl methyl sites for hydroxylation is 2. The number of anilines is 2. The highest BCUT2D eigenvalue weighted by Crippen LogP contribution is 2.46. The van der Waals surface area contributed by atoms with Crippen LogP contribution in [-0.2, 0) is 20.0 Å². The average Bonchev–Trinajstić information content (AvgIpc) is 3.25. The van der Waals surface area contributed by atoms with Crippen LogP contribution in [0.15, 0.2) is 179 Å². The Morgan fingerprint density at radius 2 is 0.767 bits per heavy atom. The summed E-state index contributed by atoms with van der Waals surface area (Å²) in [7, 11) is -7.48. The Hall–Kier alpha value is -5.12. The van der Waals surface area contributed by atoms with Crippen LogP contribution in [0.4, 0.5) is 11.4 Å². The van der Waals surface area contributed by atoms with Gasteiger partial charge in [-0.3, -0.25) is 8.61 Å². The molecule has 0 unspecified atom stereocenters. The minimum absolute atomic E-state index is 0.295. The summed E-state index contributed by atoms with van der Waals surface area (Å²) in [4.78, 5) is 0.589. The number of hydrogen-bond acceptors (Lipinski definition) is 4. The molecule has 0 bridgehead atoms. The summed E-state index contributed by atoms with van der Waals surface area (Å²) in [5.74, 6) is 0.854. The monoisotopic (exact) mass is 874 g/mol. The molecule has 0 fully saturated rings. The Bertz CT molecular complexity index is 2560. The van der Waals surface area contributed by atoms with E-state index in [-0.39, 0.29) is 12.1 Å². The topological polar surface area (TPSA) is 74.8 Å². The van der Waals surface area contributed by atoms with Crippen molar-refractivity contribution in [2.45, 2.75) is 62.4 Å². The van der Waals surface area contributed by atoms with Crippen LogP contribution in [-0.4, -0.2) is 40.7 Å². The molecular weight excluding hydrogens is 828 g/mol. The predicted octanol–water partition coefficient (Wildman–Crippen LogP) is 12.0. The van der Waals surface area contributed by atoms with Crippen LogP contribution in [0.2, 0.25) is 0 Å². The van der Waals surface area contributed by atoms with Crippen molar-refractivity contribution >= 4 is 65.8 Å². The SMILES string of the molecule is Cc1ccc(S(=O)(=O)N2c3ccccc3C(c3ccccc3)=C(CCCl)[C@@H]2C)cc1.Cc1ccc(S(=O)(=O)N2c3ccccc3C(c3ccccc3)=C(CCCl)[C@H]2C)cc1. The van der Waals surface area contributed by atoms with E-state index in [4.69, 9.17) is 23.2 Å². The third-order valence-electron chi connectivity index (χ3n) is 11.2. The van der Waals surface area contributed by atoms with E-state index in [0.29, 0.717) is 45.8 Å². The number of hydrogen-bond donors (Lipinski definition) is 0. The van der Waals surface area contributed by atoms with Crippen molar-refractivity contribution in [3.8, 4) is 0 Å². The molecule has 6 aromatic carbocycles. The van der Waals surface area contributed by atoms with Gasteiger partial charge < -0.3 is 0 Å². The molecule has 308 valence electrons. The first-order valence-corrected chi connectivity index (χ1v) is 23.9. The first kappa shape index (κ1) is 43.0. The van der Waals surface area contributed by atoms with Crippen molar-refractivity contribution in [3.63, 3.8) is 0 Å². The molecule has 8 rings (SSSR count). The maximum absolute atomic E-state index is 13.7. The first-order chi connectivity index (χ1) is 28.9. The molecule has 0 amide bonds. The lowest BCUT2D eigenvalue weighted by atomic mass is 9.85. The number of fused-ring (bicyclic) bond motifs is 2. The summed E-state index contributed by atoms with van der Waals surface area (Å²) in [5.41, 5.74) is 11.6. The lowest BCUT2D eigenvalue weighted by Gasteiger charge is -2.39. The van der Waals surface area contributed by atoms with E-state index in [0.717, 1.165) is 55.7 Å². The Labute approximate surface area is 365 Å². The van der Waals surface area contributed by atoms with E-state index in [1.807, 2.05) is 137 Å². The zero-order valence-electron chi connectivity index (χ0n) is 34.1. The molecule has 0 radical (unpaired) electrons. The van der Waals surface area contributed by atoms with Gasteiger partial charge in [0.2, 0.25) is 0 Å². The van der Waals surface area contributed by atoms with Gasteiger partial charge in [-0.05, 0) is 110 Å². The number of halogens is 2. The zero-order chi connectivity index (χ0) is 42.6. The molecule has 6 aromatic rings. The second kappa shape index (κ2) is 18.2. The third kappa shape index (κ3) is 8.31. The Morgan fingerprint density at radius 3 is 1.10 bits per heavy atom. The number of rotatable bonds is 10. The van der Waals surface area contributed by atoms with Crippen molar-refractivity contribution in [1.29, 1.82) is 0 Å². The number of benzene rings is 6. The normalized spacial score (nSPS) is 16.5. The van der Waals surface area contributed by atoms with Crippen molar-refractivity contribution in [2.75, 3.05) is 20.4 Å². The smallest absolute Gasteiger partial charge is 0.259 e. The Kier molecular flexibility index (Phi) is 13.1. The molecule has 0 spiro atoms. The van der Waals surface area contributed by atoms with Crippen LogP contribution in [0.3, 0.4) is 0 Å². The maximum Gasteiger partial charge on any atom is 0.264 e. The van der Waals surface area contributed by atoms with Gasteiger partial charge in [-0.1, -0.05) is 132 Å². The number of nitrogens with zero attached hydrogens (tertiary/aromatic N) is 2. The minimum Gasteiger partial charge on any atom is -0.259 e. The molecule has 2 aliphatic rings. The summed E-state index contributed by atoms with van der Waals surface area (Å²) in [6.45, 7) is 7.80. The highest BCUT2D eigenvalue weighted by Gasteiger charge is 2.39. The second-order valence-electron chi connectivity index (χ2n) is 15.0. The largest absolute Gasteiger partial charge is 0.264 e. The van der Waals surface area contributed by atoms with E-state index in [2.05, 4.69) is 24.3 Å². The minimum atomic E-state index is -3.74. The zero-order valence-corrected chi connectivity index (χ0v) is 37.2. The van der Waals surface area contributed by atoms with Crippen LogP contribution in [0.5, 0.6) is 0 Å². The van der Waals surface area contributed by atoms with Gasteiger partial charge in [-0.25, -0.2) is 16.8 Å². The van der Waals surface area contributed by atoms with Crippen LogP contribution in [0, 0.1) is 13.8 Å². The van der Waals surface area contributed by atoms with Gasteiger partial charge >= 0.3 is 0 Å². The number of sulfonamides is 2. The van der Waals surface area contributed by atoms with Crippen LogP contribution < -0.4 is 8.61 Å². The van der Waals surface area contributed by atoms with Gasteiger partial charge in [-0.2, -0.15) is 0 Å². The van der Waals surface area contributed by atoms with Gasteiger partial charge in [0.05, 0.1) is 33.2 Å². The molecule has 0 aromatic heterocycles. The van der Waals surface area contributed by atoms with Gasteiger partial charge in [0.15, 0.2) is 0 Å². The van der Waals surface area contributed by atoms with E-state index in [1.165, 1.54) is 0 Å². The quantitative estimate of drug-likeness (QED) is 0.129. The van der Waals surface area contributed by atoms with E-state index >= 15 is 0 Å². The fourth-order valence-corrected chi connectivity index (χ4v) is 12.0. The van der Waals surface area contributed by atoms with Gasteiger partial charge in [0.1, 0.15) is 0 Å². The highest BCUT2D eigenvalue weighted by atomic mass is 35.5. The molecule has 0 aliphatic carbocycles. The van der Waals surface area contributed by atoms with Crippen molar-refractivity contribution in [2.24, 2.45) is 0 Å². The average molecular weight is 876 g/mol. The second-order valence-corrected chi connectivity index (χ2v) is 19.4. The van der Waals surface area contributed by atoms with Crippen molar-refractivity contribution in [1.82, 2.24) is 0 Å². The van der Waals surface area contributed by atoms with Crippen LogP contribution in [0.25, 0.3) is 11.1 Å². The van der Waals surface area contributed by atoms with E-state index < -0.39 is 20.0 Å². The van der Waals surface area contributed by atoms with Gasteiger partial charge in [0.25, 0.3) is 20.0 Å². The highest BCUT2D eigenvalue weighted by molar-refractivity contribution is 7.93. The summed E-state index contributed by atoms with van der Waals surface area (Å²) in [5, 5.41) is 0. The fourth-order valence-electron chi connectivity index (χ4n) is 8.30. The van der Waals surface area contributed by atoms with E-state index in [1.54, 1.807) is 32.9 Å². The predicted molar refractivity (Wildman–Crippen MR) is 249 cm³/mol. The summed E-state index contributed by atoms with van der Waals surface area (Å²) < 4.78 is 58.1. The Morgan fingerprint density at radius 1 is 0.450 bits per heavy atom. The van der Waals surface area contributed by atoms with Crippen LogP contribution >= 0.6 is 23.2 Å². The third-order valence-corrected chi connectivity index (χ3v) is 15.4. The molecule has 0 saturated carbocycles. The molecule has 0 N–H and O–H groups in total. The molecule has 60 heavy (non-hydrogen) atoms. The molecular formula is C50H48Cl2N2O4S2. The van der Waals surface area contributed by atoms with Crippen molar-refractivity contribution < 1.29 is 16.8 Å². The summed E-state index contributed by atoms with van der Waals surface area (Å²) in [6.07, 6.45) is 1.22. The van der Waals surface area contributed by atoms with Crippen LogP contribution in [0.1, 0.15) is 60.1 Å². The molecule has 2 atom stereocenters. The molecule has 10 heteroatoms. The maximum atomic E-state index is 13.7. The number of para-hydroxylation sites is 2.